The summed E-state index contributed by atoms with van der Waals surface area (Å²) in [5.74, 6) is 0.924. The minimum Gasteiger partial charge on any atom is -0.352 e. The monoisotopic (exact) mass is 323 g/mol. The molecule has 24 heavy (non-hydrogen) atoms. The molecule has 0 atom stereocenters. The van der Waals surface area contributed by atoms with Gasteiger partial charge >= 0.3 is 0 Å². The molecule has 0 unspecified atom stereocenters. The Morgan fingerprint density at radius 1 is 1.04 bits per heavy atom. The number of hydrogen-bond donors (Lipinski definition) is 0. The first-order valence-corrected chi connectivity index (χ1v) is 7.83. The zero-order valence-corrected chi connectivity index (χ0v) is 13.3. The second-order valence-electron chi connectivity index (χ2n) is 5.76. The number of rotatable bonds is 2. The van der Waals surface area contributed by atoms with Crippen LogP contribution in [0.3, 0.4) is 0 Å². The molecule has 0 bridgehead atoms. The molecular formula is C16H17N7O. The zero-order valence-electron chi connectivity index (χ0n) is 13.3. The maximum absolute atomic E-state index is 12.6. The number of fused-ring (bicyclic) bond motifs is 1. The number of amides is 1. The van der Waals surface area contributed by atoms with Crippen molar-refractivity contribution in [2.75, 3.05) is 31.1 Å². The Kier molecular flexibility index (Phi) is 3.56. The number of carbonyl (C=O) groups is 1. The maximum atomic E-state index is 12.6. The van der Waals surface area contributed by atoms with Gasteiger partial charge < -0.3 is 9.80 Å². The summed E-state index contributed by atoms with van der Waals surface area (Å²) >= 11 is 0. The van der Waals surface area contributed by atoms with E-state index in [0.717, 1.165) is 30.2 Å². The third kappa shape index (κ3) is 2.55. The van der Waals surface area contributed by atoms with Crippen LogP contribution in [0.5, 0.6) is 0 Å². The molecule has 0 aliphatic carbocycles. The molecule has 0 N–H and O–H groups in total. The smallest absolute Gasteiger partial charge is 0.255 e. The lowest BCUT2D eigenvalue weighted by Crippen LogP contribution is -2.49. The number of nitrogens with zero attached hydrogens (tertiary/aromatic N) is 7. The van der Waals surface area contributed by atoms with Gasteiger partial charge in [0.1, 0.15) is 6.33 Å². The Hall–Kier alpha value is -3.03. The van der Waals surface area contributed by atoms with Crippen molar-refractivity contribution in [3.05, 3.63) is 48.3 Å². The van der Waals surface area contributed by atoms with E-state index in [1.54, 1.807) is 23.1 Å². The van der Waals surface area contributed by atoms with Gasteiger partial charge in [0.25, 0.3) is 5.91 Å². The molecule has 3 aromatic rings. The van der Waals surface area contributed by atoms with E-state index in [4.69, 9.17) is 0 Å². The molecule has 8 nitrogen and oxygen atoms in total. The van der Waals surface area contributed by atoms with Crippen LogP contribution < -0.4 is 4.90 Å². The summed E-state index contributed by atoms with van der Waals surface area (Å²) in [7, 11) is 0. The van der Waals surface area contributed by atoms with Gasteiger partial charge in [-0.25, -0.2) is 4.98 Å². The van der Waals surface area contributed by atoms with E-state index in [0.29, 0.717) is 18.7 Å². The molecule has 0 spiro atoms. The predicted molar refractivity (Wildman–Crippen MR) is 87.9 cm³/mol. The molecule has 1 saturated heterocycles. The van der Waals surface area contributed by atoms with Crippen molar-refractivity contribution >= 4 is 17.4 Å². The molecule has 0 aromatic carbocycles. The van der Waals surface area contributed by atoms with Crippen LogP contribution in [-0.2, 0) is 0 Å². The molecule has 3 aromatic heterocycles. The largest absolute Gasteiger partial charge is 0.352 e. The molecule has 0 saturated carbocycles. The van der Waals surface area contributed by atoms with Crippen molar-refractivity contribution in [1.29, 1.82) is 0 Å². The molecule has 4 rings (SSSR count). The van der Waals surface area contributed by atoms with E-state index in [9.17, 15) is 4.79 Å². The number of anilines is 1. The van der Waals surface area contributed by atoms with Crippen LogP contribution >= 0.6 is 0 Å². The summed E-state index contributed by atoms with van der Waals surface area (Å²) in [6.07, 6.45) is 6.62. The summed E-state index contributed by atoms with van der Waals surface area (Å²) in [4.78, 5) is 29.2. The van der Waals surface area contributed by atoms with E-state index in [2.05, 4.69) is 25.0 Å². The standard InChI is InChI=1S/C16H17N7O/c1-12-2-3-13(8-18-12)16(24)22-6-4-21(5-7-22)15-10-17-9-14-19-11-20-23(14)15/h2-3,8-11H,4-7H2,1H3. The van der Waals surface area contributed by atoms with Gasteiger partial charge in [-0.3, -0.25) is 14.8 Å². The summed E-state index contributed by atoms with van der Waals surface area (Å²) < 4.78 is 1.77. The Balaban J connectivity index is 1.48. The predicted octanol–water partition coefficient (Wildman–Crippen LogP) is 0.790. The number of piperazine rings is 1. The Morgan fingerprint density at radius 3 is 2.62 bits per heavy atom. The van der Waals surface area contributed by atoms with Crippen molar-refractivity contribution < 1.29 is 4.79 Å². The number of hydrogen-bond acceptors (Lipinski definition) is 6. The Labute approximate surface area is 138 Å². The summed E-state index contributed by atoms with van der Waals surface area (Å²) in [6, 6.07) is 3.69. The summed E-state index contributed by atoms with van der Waals surface area (Å²) in [5.41, 5.74) is 2.26. The summed E-state index contributed by atoms with van der Waals surface area (Å²) in [5, 5.41) is 4.24. The highest BCUT2D eigenvalue weighted by atomic mass is 16.2. The van der Waals surface area contributed by atoms with Gasteiger partial charge in [-0.05, 0) is 19.1 Å². The molecule has 1 aliphatic heterocycles. The SMILES string of the molecule is Cc1ccc(C(=O)N2CCN(c3cncc4ncnn34)CC2)cn1. The quantitative estimate of drug-likeness (QED) is 0.694. The summed E-state index contributed by atoms with van der Waals surface area (Å²) in [6.45, 7) is 4.67. The highest BCUT2D eigenvalue weighted by Gasteiger charge is 2.24. The van der Waals surface area contributed by atoms with E-state index < -0.39 is 0 Å². The van der Waals surface area contributed by atoms with Crippen LogP contribution in [0.1, 0.15) is 16.1 Å². The van der Waals surface area contributed by atoms with Crippen LogP contribution in [0.25, 0.3) is 5.65 Å². The molecular weight excluding hydrogens is 306 g/mol. The van der Waals surface area contributed by atoms with Crippen molar-refractivity contribution in [3.63, 3.8) is 0 Å². The van der Waals surface area contributed by atoms with Crippen molar-refractivity contribution in [2.24, 2.45) is 0 Å². The van der Waals surface area contributed by atoms with Crippen molar-refractivity contribution in [3.8, 4) is 0 Å². The minimum atomic E-state index is 0.0271. The van der Waals surface area contributed by atoms with Crippen LogP contribution in [0.2, 0.25) is 0 Å². The van der Waals surface area contributed by atoms with Crippen LogP contribution in [0, 0.1) is 6.92 Å². The Bertz CT molecular complexity index is 866. The Morgan fingerprint density at radius 2 is 1.88 bits per heavy atom. The first-order valence-electron chi connectivity index (χ1n) is 7.83. The van der Waals surface area contributed by atoms with Gasteiger partial charge in [0, 0.05) is 38.1 Å². The van der Waals surface area contributed by atoms with E-state index >= 15 is 0 Å². The lowest BCUT2D eigenvalue weighted by atomic mass is 10.2. The van der Waals surface area contributed by atoms with Gasteiger partial charge in [0.2, 0.25) is 0 Å². The molecule has 1 aliphatic rings. The third-order valence-corrected chi connectivity index (χ3v) is 4.22. The van der Waals surface area contributed by atoms with Gasteiger partial charge in [0.15, 0.2) is 11.5 Å². The first-order chi connectivity index (χ1) is 11.7. The van der Waals surface area contributed by atoms with Gasteiger partial charge in [-0.1, -0.05) is 0 Å². The fraction of sp³-hybridized carbons (Fsp3) is 0.312. The lowest BCUT2D eigenvalue weighted by molar-refractivity contribution is 0.0746. The molecule has 1 fully saturated rings. The molecule has 1 amide bonds. The van der Waals surface area contributed by atoms with Crippen LogP contribution in [-0.4, -0.2) is 61.6 Å². The molecule has 4 heterocycles. The van der Waals surface area contributed by atoms with Crippen molar-refractivity contribution in [1.82, 2.24) is 29.5 Å². The number of carbonyl (C=O) groups excluding carboxylic acids is 1. The molecule has 8 heteroatoms. The van der Waals surface area contributed by atoms with E-state index in [-0.39, 0.29) is 5.91 Å². The van der Waals surface area contributed by atoms with Crippen LogP contribution in [0.15, 0.2) is 37.1 Å². The molecule has 0 radical (unpaired) electrons. The van der Waals surface area contributed by atoms with Gasteiger partial charge in [-0.2, -0.15) is 9.61 Å². The fourth-order valence-electron chi connectivity index (χ4n) is 2.87. The number of aromatic nitrogens is 5. The minimum absolute atomic E-state index is 0.0271. The fourth-order valence-corrected chi connectivity index (χ4v) is 2.87. The van der Waals surface area contributed by atoms with E-state index in [1.807, 2.05) is 24.0 Å². The van der Waals surface area contributed by atoms with Gasteiger partial charge in [-0.15, -0.1) is 0 Å². The lowest BCUT2D eigenvalue weighted by Gasteiger charge is -2.35. The van der Waals surface area contributed by atoms with Crippen molar-refractivity contribution in [2.45, 2.75) is 6.92 Å². The first kappa shape index (κ1) is 14.6. The topological polar surface area (TPSA) is 79.5 Å². The second kappa shape index (κ2) is 5.88. The average Bonchev–Trinajstić information content (AvgIpc) is 3.11. The maximum Gasteiger partial charge on any atom is 0.255 e. The zero-order chi connectivity index (χ0) is 16.5. The number of pyridine rings is 1. The van der Waals surface area contributed by atoms with Gasteiger partial charge in [0.05, 0.1) is 18.0 Å². The average molecular weight is 323 g/mol. The second-order valence-corrected chi connectivity index (χ2v) is 5.76. The highest BCUT2D eigenvalue weighted by Crippen LogP contribution is 2.17. The normalized spacial score (nSPS) is 15.0. The molecule has 122 valence electrons. The van der Waals surface area contributed by atoms with E-state index in [1.165, 1.54) is 6.33 Å². The highest BCUT2D eigenvalue weighted by molar-refractivity contribution is 5.94. The van der Waals surface area contributed by atoms with Crippen LogP contribution in [0.4, 0.5) is 5.82 Å². The number of aryl methyl sites for hydroxylation is 1. The third-order valence-electron chi connectivity index (χ3n) is 4.22.